The van der Waals surface area contributed by atoms with Gasteiger partial charge >= 0.3 is 0 Å². The van der Waals surface area contributed by atoms with Gasteiger partial charge in [0.05, 0.1) is 33.7 Å². The van der Waals surface area contributed by atoms with Crippen LogP contribution < -0.4 is 0 Å². The molecule has 7 rings (SSSR count). The number of rotatable bonds is 2. The highest BCUT2D eigenvalue weighted by Crippen LogP contribution is 2.40. The molecule has 2 aromatic heterocycles. The number of hydrogen-bond donors (Lipinski definition) is 0. The van der Waals surface area contributed by atoms with Crippen LogP contribution in [-0.4, -0.2) is 9.13 Å². The molecular weight excluding hydrogens is 510 g/mol. The van der Waals surface area contributed by atoms with Gasteiger partial charge in [-0.1, -0.05) is 46.5 Å². The molecule has 0 N–H and O–H groups in total. The van der Waals surface area contributed by atoms with Crippen molar-refractivity contribution in [2.45, 2.75) is 55.4 Å². The summed E-state index contributed by atoms with van der Waals surface area (Å²) in [5, 5.41) is 15.4. The Morgan fingerprint density at radius 1 is 0.405 bits per heavy atom. The first kappa shape index (κ1) is 26.1. The van der Waals surface area contributed by atoms with Crippen LogP contribution in [0.2, 0.25) is 0 Å². The van der Waals surface area contributed by atoms with E-state index in [4.69, 9.17) is 0 Å². The molecule has 2 heterocycles. The summed E-state index contributed by atoms with van der Waals surface area (Å²) in [6.45, 7) is 17.5. The Kier molecular flexibility index (Phi) is 5.66. The van der Waals surface area contributed by atoms with Crippen molar-refractivity contribution in [3.05, 3.63) is 117 Å². The third-order valence-corrected chi connectivity index (χ3v) is 8.80. The molecule has 0 saturated heterocycles. The fourth-order valence-electron chi connectivity index (χ4n) is 7.51. The topological polar surface area (TPSA) is 33.6 Å². The minimum absolute atomic E-state index is 0.650. The smallest absolute Gasteiger partial charge is 0.0993 e. The lowest BCUT2D eigenvalue weighted by Crippen LogP contribution is -2.03. The van der Waals surface area contributed by atoms with Crippen molar-refractivity contribution in [1.29, 1.82) is 5.26 Å². The van der Waals surface area contributed by atoms with E-state index in [2.05, 4.69) is 125 Å². The van der Waals surface area contributed by atoms with Crippen LogP contribution in [-0.2, 0) is 0 Å². The normalized spacial score (nSPS) is 11.8. The fraction of sp³-hybridized carbons (Fsp3) is 0.205. The van der Waals surface area contributed by atoms with Gasteiger partial charge in [-0.15, -0.1) is 0 Å². The number of nitrogens with zero attached hydrogens (tertiary/aromatic N) is 3. The van der Waals surface area contributed by atoms with E-state index in [0.717, 1.165) is 11.4 Å². The SMILES string of the molecule is Cc1cc(C)c2c(c1)c1cc(C)cc(C)c1n2-c1cc(C#N)cc(-n2c3c(C)cc(C)cc3c3cc(C)cc(C)c32)c1. The Hall–Kier alpha value is -4.81. The predicted molar refractivity (Wildman–Crippen MR) is 178 cm³/mol. The Bertz CT molecular complexity index is 2050. The number of hydrogen-bond acceptors (Lipinski definition) is 1. The number of aromatic nitrogens is 2. The van der Waals surface area contributed by atoms with Gasteiger partial charge in [0.2, 0.25) is 0 Å². The largest absolute Gasteiger partial charge is 0.309 e. The second-order valence-corrected chi connectivity index (χ2v) is 12.4. The molecule has 42 heavy (non-hydrogen) atoms. The maximum atomic E-state index is 10.3. The summed E-state index contributed by atoms with van der Waals surface area (Å²) in [5.41, 5.74) is 17.4. The van der Waals surface area contributed by atoms with Gasteiger partial charge in [-0.25, -0.2) is 0 Å². The summed E-state index contributed by atoms with van der Waals surface area (Å²) in [5.74, 6) is 0. The Labute approximate surface area is 247 Å². The lowest BCUT2D eigenvalue weighted by atomic mass is 10.0. The van der Waals surface area contributed by atoms with Crippen LogP contribution in [0.3, 0.4) is 0 Å². The highest BCUT2D eigenvalue weighted by molar-refractivity contribution is 6.13. The Morgan fingerprint density at radius 3 is 0.952 bits per heavy atom. The molecule has 7 aromatic rings. The molecule has 5 aromatic carbocycles. The molecule has 0 aliphatic rings. The maximum Gasteiger partial charge on any atom is 0.0993 e. The monoisotopic (exact) mass is 545 g/mol. The van der Waals surface area contributed by atoms with Crippen LogP contribution in [0.1, 0.15) is 50.1 Å². The first-order valence-corrected chi connectivity index (χ1v) is 14.7. The van der Waals surface area contributed by atoms with Gasteiger partial charge in [0.1, 0.15) is 0 Å². The van der Waals surface area contributed by atoms with E-state index in [9.17, 15) is 5.26 Å². The average Bonchev–Trinajstić information content (AvgIpc) is 3.42. The van der Waals surface area contributed by atoms with Crippen molar-refractivity contribution in [1.82, 2.24) is 9.13 Å². The second-order valence-electron chi connectivity index (χ2n) is 12.4. The van der Waals surface area contributed by atoms with Crippen molar-refractivity contribution >= 4 is 43.6 Å². The van der Waals surface area contributed by atoms with Gasteiger partial charge in [-0.2, -0.15) is 5.26 Å². The third kappa shape index (κ3) is 3.72. The van der Waals surface area contributed by atoms with Crippen molar-refractivity contribution in [3.63, 3.8) is 0 Å². The quantitative estimate of drug-likeness (QED) is 0.213. The van der Waals surface area contributed by atoms with Gasteiger partial charge in [0.25, 0.3) is 0 Å². The summed E-state index contributed by atoms with van der Waals surface area (Å²) in [6.07, 6.45) is 0. The van der Waals surface area contributed by atoms with Crippen LogP contribution in [0.4, 0.5) is 0 Å². The van der Waals surface area contributed by atoms with Crippen LogP contribution in [0.15, 0.2) is 66.7 Å². The summed E-state index contributed by atoms with van der Waals surface area (Å²) in [6, 6.07) is 27.1. The summed E-state index contributed by atoms with van der Waals surface area (Å²) in [7, 11) is 0. The van der Waals surface area contributed by atoms with E-state index in [-0.39, 0.29) is 0 Å². The maximum absolute atomic E-state index is 10.3. The molecule has 0 saturated carbocycles. The number of benzene rings is 5. The zero-order chi connectivity index (χ0) is 29.6. The third-order valence-electron chi connectivity index (χ3n) is 8.80. The van der Waals surface area contributed by atoms with Crippen molar-refractivity contribution in [2.24, 2.45) is 0 Å². The molecule has 0 radical (unpaired) electrons. The summed E-state index contributed by atoms with van der Waals surface area (Å²) >= 11 is 0. The molecule has 0 fully saturated rings. The molecule has 0 unspecified atom stereocenters. The molecule has 0 aliphatic carbocycles. The van der Waals surface area contributed by atoms with Gasteiger partial charge in [-0.05, 0) is 120 Å². The standard InChI is InChI=1S/C39H35N3/c1-21-9-25(5)36-32(13-21)33-14-22(2)10-26(6)37(33)41(36)30-17-29(20-40)18-31(19-30)42-38-27(7)11-23(3)15-34(38)35-16-24(4)12-28(8)39(35)42/h9-19H,1-8H3. The van der Waals surface area contributed by atoms with E-state index in [1.165, 1.54) is 88.1 Å². The highest BCUT2D eigenvalue weighted by atomic mass is 15.0. The molecule has 0 bridgehead atoms. The fourth-order valence-corrected chi connectivity index (χ4v) is 7.51. The van der Waals surface area contributed by atoms with Gasteiger partial charge < -0.3 is 9.13 Å². The Morgan fingerprint density at radius 2 is 0.690 bits per heavy atom. The van der Waals surface area contributed by atoms with E-state index in [1.807, 2.05) is 12.1 Å². The van der Waals surface area contributed by atoms with E-state index in [1.54, 1.807) is 0 Å². The van der Waals surface area contributed by atoms with Crippen molar-refractivity contribution in [3.8, 4) is 17.4 Å². The van der Waals surface area contributed by atoms with Gasteiger partial charge in [0.15, 0.2) is 0 Å². The molecule has 3 nitrogen and oxygen atoms in total. The van der Waals surface area contributed by atoms with Crippen LogP contribution in [0.5, 0.6) is 0 Å². The first-order valence-electron chi connectivity index (χ1n) is 14.7. The lowest BCUT2D eigenvalue weighted by molar-refractivity contribution is 1.11. The molecule has 0 aliphatic heterocycles. The lowest BCUT2D eigenvalue weighted by Gasteiger charge is -2.16. The molecular formula is C39H35N3. The van der Waals surface area contributed by atoms with Gasteiger partial charge in [0, 0.05) is 32.9 Å². The minimum atomic E-state index is 0.650. The van der Waals surface area contributed by atoms with Gasteiger partial charge in [-0.3, -0.25) is 0 Å². The number of aryl methyl sites for hydroxylation is 8. The summed E-state index contributed by atoms with van der Waals surface area (Å²) < 4.78 is 4.78. The van der Waals surface area contributed by atoms with E-state index < -0.39 is 0 Å². The zero-order valence-electron chi connectivity index (χ0n) is 25.7. The van der Waals surface area contributed by atoms with Crippen molar-refractivity contribution in [2.75, 3.05) is 0 Å². The molecule has 0 spiro atoms. The first-order chi connectivity index (χ1) is 20.0. The van der Waals surface area contributed by atoms with E-state index >= 15 is 0 Å². The highest BCUT2D eigenvalue weighted by Gasteiger charge is 2.21. The van der Waals surface area contributed by atoms with Crippen molar-refractivity contribution < 1.29 is 0 Å². The van der Waals surface area contributed by atoms with Crippen LogP contribution >= 0.6 is 0 Å². The Balaban J connectivity index is 1.66. The predicted octanol–water partition coefficient (Wildman–Crippen LogP) is 10.2. The number of fused-ring (bicyclic) bond motifs is 6. The van der Waals surface area contributed by atoms with E-state index in [0.29, 0.717) is 5.56 Å². The molecule has 0 atom stereocenters. The average molecular weight is 546 g/mol. The molecule has 0 amide bonds. The minimum Gasteiger partial charge on any atom is -0.309 e. The van der Waals surface area contributed by atoms with Crippen LogP contribution in [0.25, 0.3) is 55.0 Å². The molecule has 3 heteroatoms. The van der Waals surface area contributed by atoms with Crippen LogP contribution in [0, 0.1) is 66.7 Å². The summed E-state index contributed by atoms with van der Waals surface area (Å²) in [4.78, 5) is 0. The second kappa shape index (κ2) is 9.10. The molecule has 206 valence electrons. The number of nitriles is 1. The zero-order valence-corrected chi connectivity index (χ0v) is 25.7.